The molecule has 0 atom stereocenters. The Bertz CT molecular complexity index is 572. The minimum atomic E-state index is -4.51. The van der Waals surface area contributed by atoms with E-state index >= 15 is 0 Å². The molecule has 1 aromatic carbocycles. The predicted molar refractivity (Wildman–Crippen MR) is 65.4 cm³/mol. The third kappa shape index (κ3) is 5.05. The van der Waals surface area contributed by atoms with Gasteiger partial charge in [-0.05, 0) is 27.6 Å². The van der Waals surface area contributed by atoms with Crippen molar-refractivity contribution in [3.8, 4) is 5.75 Å². The van der Waals surface area contributed by atoms with Gasteiger partial charge in [-0.3, -0.25) is 0 Å². The molecule has 0 amide bonds. The summed E-state index contributed by atoms with van der Waals surface area (Å²) in [5.41, 5.74) is -0.0364. The number of carbonyl (C=O) groups is 1. The Morgan fingerprint density at radius 1 is 1.37 bits per heavy atom. The number of carbonyl (C=O) groups excluding carboxylic acids is 1. The summed E-state index contributed by atoms with van der Waals surface area (Å²) in [6, 6.07) is 2.85. The molecule has 1 aromatic rings. The number of methoxy groups -OCH3 is 2. The molecule has 0 fully saturated rings. The maximum atomic E-state index is 11.6. The van der Waals surface area contributed by atoms with Crippen molar-refractivity contribution in [2.75, 3.05) is 14.2 Å². The Morgan fingerprint density at radius 3 is 2.37 bits per heavy atom. The van der Waals surface area contributed by atoms with Crippen LogP contribution in [0.1, 0.15) is 15.9 Å². The van der Waals surface area contributed by atoms with Gasteiger partial charge in [-0.2, -0.15) is 0 Å². The molecular weight excluding hydrogens is 351 g/mol. The van der Waals surface area contributed by atoms with Gasteiger partial charge in [0.1, 0.15) is 11.3 Å². The zero-order valence-electron chi connectivity index (χ0n) is 10.6. The topological polar surface area (TPSA) is 92.7 Å². The van der Waals surface area contributed by atoms with Crippen LogP contribution in [-0.4, -0.2) is 33.2 Å². The van der Waals surface area contributed by atoms with E-state index in [-0.39, 0.29) is 46.4 Å². The summed E-state index contributed by atoms with van der Waals surface area (Å²) >= 11 is 3.16. The Balaban J connectivity index is 0.00000324. The molecular formula is C10H10BrNaO6S. The van der Waals surface area contributed by atoms with Crippen molar-refractivity contribution in [2.24, 2.45) is 0 Å². The second kappa shape index (κ2) is 7.61. The van der Waals surface area contributed by atoms with E-state index in [1.807, 2.05) is 0 Å². The maximum absolute atomic E-state index is 11.6. The van der Waals surface area contributed by atoms with Crippen LogP contribution in [0.5, 0.6) is 5.75 Å². The van der Waals surface area contributed by atoms with Crippen LogP contribution < -0.4 is 34.3 Å². The van der Waals surface area contributed by atoms with Gasteiger partial charge in [-0.1, -0.05) is 6.07 Å². The van der Waals surface area contributed by atoms with E-state index in [9.17, 15) is 17.8 Å². The summed E-state index contributed by atoms with van der Waals surface area (Å²) in [4.78, 5) is 11.6. The van der Waals surface area contributed by atoms with Crippen LogP contribution in [0, 0.1) is 0 Å². The molecule has 0 unspecified atom stereocenters. The van der Waals surface area contributed by atoms with Crippen molar-refractivity contribution in [1.82, 2.24) is 0 Å². The molecule has 0 aliphatic heterocycles. The molecule has 0 saturated heterocycles. The molecule has 0 aliphatic rings. The van der Waals surface area contributed by atoms with Crippen LogP contribution in [0.4, 0.5) is 0 Å². The van der Waals surface area contributed by atoms with Crippen molar-refractivity contribution in [3.63, 3.8) is 0 Å². The van der Waals surface area contributed by atoms with Gasteiger partial charge < -0.3 is 14.0 Å². The van der Waals surface area contributed by atoms with Gasteiger partial charge in [-0.25, -0.2) is 13.2 Å². The summed E-state index contributed by atoms with van der Waals surface area (Å²) in [5, 5.41) is 0. The normalized spacial score (nSPS) is 10.5. The first kappa shape index (κ1) is 18.9. The van der Waals surface area contributed by atoms with Gasteiger partial charge in [0.2, 0.25) is 0 Å². The van der Waals surface area contributed by atoms with Crippen molar-refractivity contribution in [2.45, 2.75) is 5.75 Å². The van der Waals surface area contributed by atoms with Gasteiger partial charge in [-0.15, -0.1) is 0 Å². The summed E-state index contributed by atoms with van der Waals surface area (Å²) in [6.45, 7) is 0. The van der Waals surface area contributed by atoms with Crippen LogP contribution in [0.2, 0.25) is 0 Å². The van der Waals surface area contributed by atoms with Gasteiger partial charge in [0.05, 0.1) is 34.6 Å². The van der Waals surface area contributed by atoms with Crippen LogP contribution in [-0.2, 0) is 20.6 Å². The summed E-state index contributed by atoms with van der Waals surface area (Å²) in [7, 11) is -2.04. The largest absolute Gasteiger partial charge is 1.00 e. The van der Waals surface area contributed by atoms with Crippen LogP contribution in [0.3, 0.4) is 0 Å². The minimum absolute atomic E-state index is 0. The fourth-order valence-electron chi connectivity index (χ4n) is 1.43. The van der Waals surface area contributed by atoms with E-state index in [1.54, 1.807) is 0 Å². The van der Waals surface area contributed by atoms with Gasteiger partial charge in [0.25, 0.3) is 0 Å². The number of benzene rings is 1. The van der Waals surface area contributed by atoms with E-state index < -0.39 is 21.8 Å². The third-order valence-electron chi connectivity index (χ3n) is 2.12. The molecule has 0 spiro atoms. The third-order valence-corrected chi connectivity index (χ3v) is 3.41. The van der Waals surface area contributed by atoms with Crippen LogP contribution in [0.25, 0.3) is 0 Å². The number of rotatable bonds is 4. The second-order valence-corrected chi connectivity index (χ2v) is 5.57. The number of hydrogen-bond donors (Lipinski definition) is 0. The van der Waals surface area contributed by atoms with E-state index in [1.165, 1.54) is 19.2 Å². The molecule has 19 heavy (non-hydrogen) atoms. The second-order valence-electron chi connectivity index (χ2n) is 3.31. The molecule has 0 N–H and O–H groups in total. The molecule has 0 radical (unpaired) electrons. The Kier molecular flexibility index (Phi) is 7.56. The first-order valence-electron chi connectivity index (χ1n) is 4.67. The van der Waals surface area contributed by atoms with Gasteiger partial charge in [0, 0.05) is 0 Å². The Hall–Kier alpha value is -0.120. The molecule has 1 rings (SSSR count). The van der Waals surface area contributed by atoms with Crippen molar-refractivity contribution < 1.29 is 56.8 Å². The summed E-state index contributed by atoms with van der Waals surface area (Å²) < 4.78 is 42.4. The standard InChI is InChI=1S/C10H11BrO6S.Na/c1-16-9-7(11)4-3-6(5-18(13,14)15)8(9)10(12)17-2;/h3-4H,5H2,1-2H3,(H,13,14,15);/q;+1/p-1. The van der Waals surface area contributed by atoms with Gasteiger partial charge >= 0.3 is 35.5 Å². The monoisotopic (exact) mass is 360 g/mol. The number of esters is 1. The first-order valence-corrected chi connectivity index (χ1v) is 7.04. The fourth-order valence-corrected chi connectivity index (χ4v) is 2.55. The number of halogens is 1. The van der Waals surface area contributed by atoms with Crippen molar-refractivity contribution in [1.29, 1.82) is 0 Å². The molecule has 0 aromatic heterocycles. The molecule has 100 valence electrons. The first-order chi connectivity index (χ1) is 8.30. The van der Waals surface area contributed by atoms with E-state index in [0.717, 1.165) is 7.11 Å². The summed E-state index contributed by atoms with van der Waals surface area (Å²) in [6.07, 6.45) is 0. The predicted octanol–water partition coefficient (Wildman–Crippen LogP) is -1.71. The average molecular weight is 361 g/mol. The molecule has 9 heteroatoms. The number of hydrogen-bond acceptors (Lipinski definition) is 6. The molecule has 0 aliphatic carbocycles. The average Bonchev–Trinajstić information content (AvgIpc) is 2.28. The van der Waals surface area contributed by atoms with Gasteiger partial charge in [0.15, 0.2) is 0 Å². The Labute approximate surface area is 141 Å². The quantitative estimate of drug-likeness (QED) is 0.360. The number of ether oxygens (including phenoxy) is 2. The molecule has 0 saturated carbocycles. The van der Waals surface area contributed by atoms with Crippen LogP contribution in [0.15, 0.2) is 16.6 Å². The minimum Gasteiger partial charge on any atom is -0.748 e. The zero-order chi connectivity index (χ0) is 13.9. The van der Waals surface area contributed by atoms with E-state index in [0.29, 0.717) is 4.47 Å². The van der Waals surface area contributed by atoms with E-state index in [2.05, 4.69) is 20.7 Å². The molecule has 0 heterocycles. The SMILES string of the molecule is COC(=O)c1c(CS(=O)(=O)[O-])ccc(Br)c1OC.[Na+]. The van der Waals surface area contributed by atoms with Crippen molar-refractivity contribution >= 4 is 32.0 Å². The fraction of sp³-hybridized carbons (Fsp3) is 0.300. The zero-order valence-corrected chi connectivity index (χ0v) is 15.0. The maximum Gasteiger partial charge on any atom is 1.00 e. The Morgan fingerprint density at radius 2 is 1.95 bits per heavy atom. The van der Waals surface area contributed by atoms with Crippen LogP contribution >= 0.6 is 15.9 Å². The van der Waals surface area contributed by atoms with E-state index in [4.69, 9.17) is 4.74 Å². The van der Waals surface area contributed by atoms with Crippen molar-refractivity contribution in [3.05, 3.63) is 27.7 Å². The molecule has 6 nitrogen and oxygen atoms in total. The summed E-state index contributed by atoms with van der Waals surface area (Å²) in [5.74, 6) is -1.45. The smallest absolute Gasteiger partial charge is 0.748 e. The molecule has 0 bridgehead atoms.